The molecular formula is C31H39ClN6O3. The number of benzene rings is 1. The fourth-order valence-corrected chi connectivity index (χ4v) is 5.73. The van der Waals surface area contributed by atoms with Crippen molar-refractivity contribution < 1.29 is 14.3 Å². The molecule has 9 nitrogen and oxygen atoms in total. The molecule has 41 heavy (non-hydrogen) atoms. The van der Waals surface area contributed by atoms with E-state index in [4.69, 9.17) is 22.1 Å². The molecule has 3 heterocycles. The number of aromatic nitrogens is 2. The van der Waals surface area contributed by atoms with Crippen molar-refractivity contribution in [3.63, 3.8) is 0 Å². The Balaban J connectivity index is 1.33. The number of anilines is 1. The monoisotopic (exact) mass is 578 g/mol. The topological polar surface area (TPSA) is 114 Å². The molecule has 1 aromatic carbocycles. The van der Waals surface area contributed by atoms with Gasteiger partial charge in [0, 0.05) is 56.3 Å². The summed E-state index contributed by atoms with van der Waals surface area (Å²) in [7, 11) is 0. The number of carbonyl (C=O) groups is 2. The minimum Gasteiger partial charge on any atom is -0.484 e. The van der Waals surface area contributed by atoms with Crippen LogP contribution in [0.2, 0.25) is 5.15 Å². The van der Waals surface area contributed by atoms with Gasteiger partial charge in [0.15, 0.2) is 6.61 Å². The molecule has 0 saturated carbocycles. The number of hydrogen-bond acceptors (Lipinski definition) is 7. The molecule has 4 rings (SSSR count). The van der Waals surface area contributed by atoms with Gasteiger partial charge >= 0.3 is 0 Å². The fraction of sp³-hybridized carbons (Fsp3) is 0.419. The Morgan fingerprint density at radius 3 is 2.56 bits per heavy atom. The lowest BCUT2D eigenvalue weighted by Crippen LogP contribution is -2.48. The van der Waals surface area contributed by atoms with Gasteiger partial charge in [0.05, 0.1) is 11.3 Å². The Bertz CT molecular complexity index is 1290. The Morgan fingerprint density at radius 2 is 1.93 bits per heavy atom. The highest BCUT2D eigenvalue weighted by atomic mass is 35.5. The number of primary amides is 1. The molecule has 1 atom stereocenters. The third-order valence-corrected chi connectivity index (χ3v) is 7.82. The van der Waals surface area contributed by atoms with Crippen molar-refractivity contribution >= 4 is 29.1 Å². The van der Waals surface area contributed by atoms with Crippen molar-refractivity contribution in [3.8, 4) is 5.75 Å². The number of aryl methyl sites for hydroxylation is 2. The average Bonchev–Trinajstić information content (AvgIpc) is 2.95. The van der Waals surface area contributed by atoms with E-state index >= 15 is 0 Å². The number of amides is 2. The third-order valence-electron chi connectivity index (χ3n) is 7.63. The zero-order valence-corrected chi connectivity index (χ0v) is 24.7. The maximum atomic E-state index is 12.8. The third kappa shape index (κ3) is 8.41. The van der Waals surface area contributed by atoms with Crippen molar-refractivity contribution in [1.82, 2.24) is 20.2 Å². The van der Waals surface area contributed by atoms with Crippen LogP contribution in [-0.2, 0) is 11.3 Å². The van der Waals surface area contributed by atoms with Gasteiger partial charge in [0.2, 0.25) is 0 Å². The van der Waals surface area contributed by atoms with Gasteiger partial charge in [0.25, 0.3) is 11.8 Å². The molecule has 1 aliphatic heterocycles. The predicted molar refractivity (Wildman–Crippen MR) is 161 cm³/mol. The summed E-state index contributed by atoms with van der Waals surface area (Å²) in [6.07, 6.45) is 6.60. The number of hydrogen-bond donors (Lipinski definition) is 2. The minimum absolute atomic E-state index is 0.104. The number of ether oxygens (including phenoxy) is 1. The van der Waals surface area contributed by atoms with Gasteiger partial charge in [-0.2, -0.15) is 0 Å². The van der Waals surface area contributed by atoms with Gasteiger partial charge in [0.1, 0.15) is 10.9 Å². The van der Waals surface area contributed by atoms with Crippen molar-refractivity contribution in [2.24, 2.45) is 5.73 Å². The van der Waals surface area contributed by atoms with Gasteiger partial charge in [-0.15, -0.1) is 0 Å². The van der Waals surface area contributed by atoms with Crippen molar-refractivity contribution in [3.05, 3.63) is 82.4 Å². The molecule has 3 aromatic rings. The van der Waals surface area contributed by atoms with Crippen LogP contribution in [-0.4, -0.2) is 65.0 Å². The van der Waals surface area contributed by atoms with Crippen LogP contribution in [0.5, 0.6) is 5.75 Å². The number of nitrogens with two attached hydrogens (primary N) is 1. The van der Waals surface area contributed by atoms with Crippen molar-refractivity contribution in [2.45, 2.75) is 58.7 Å². The van der Waals surface area contributed by atoms with Crippen molar-refractivity contribution in [2.75, 3.05) is 31.1 Å². The highest BCUT2D eigenvalue weighted by Crippen LogP contribution is 2.28. The largest absolute Gasteiger partial charge is 0.484 e. The van der Waals surface area contributed by atoms with E-state index in [2.05, 4.69) is 38.1 Å². The SMILES string of the molecule is Cc1cc(Cl)nc(C)c1C(=O)NCCC(C)N1CCC(N(Cc2cccnc2)c2ccc(OCC(N)=O)cc2)CC1. The molecule has 1 fully saturated rings. The van der Waals surface area contributed by atoms with E-state index in [1.54, 1.807) is 12.3 Å². The zero-order valence-electron chi connectivity index (χ0n) is 24.0. The van der Waals surface area contributed by atoms with Crippen LogP contribution in [0.25, 0.3) is 0 Å². The van der Waals surface area contributed by atoms with Crippen LogP contribution in [0, 0.1) is 13.8 Å². The highest BCUT2D eigenvalue weighted by Gasteiger charge is 2.27. The van der Waals surface area contributed by atoms with Crippen molar-refractivity contribution in [1.29, 1.82) is 0 Å². The number of rotatable bonds is 12. The van der Waals surface area contributed by atoms with Gasteiger partial charge < -0.3 is 25.6 Å². The van der Waals surface area contributed by atoms with E-state index in [1.807, 2.05) is 50.4 Å². The summed E-state index contributed by atoms with van der Waals surface area (Å²) in [6, 6.07) is 14.3. The van der Waals surface area contributed by atoms with Crippen LogP contribution >= 0.6 is 11.6 Å². The average molecular weight is 579 g/mol. The normalized spacial score (nSPS) is 14.8. The molecule has 2 aromatic heterocycles. The van der Waals surface area contributed by atoms with E-state index in [0.717, 1.165) is 55.7 Å². The summed E-state index contributed by atoms with van der Waals surface area (Å²) in [5.41, 5.74) is 9.53. The first kappa shape index (κ1) is 30.3. The number of pyridine rings is 2. The van der Waals surface area contributed by atoms with E-state index < -0.39 is 5.91 Å². The van der Waals surface area contributed by atoms with E-state index in [-0.39, 0.29) is 12.5 Å². The second-order valence-electron chi connectivity index (χ2n) is 10.6. The Labute approximate surface area is 247 Å². The van der Waals surface area contributed by atoms with Gasteiger partial charge in [-0.05, 0) is 87.6 Å². The number of piperidine rings is 1. The van der Waals surface area contributed by atoms with E-state index in [9.17, 15) is 9.59 Å². The standard InChI is InChI=1S/C31H39ClN6O3/c1-21-17-28(32)36-23(3)30(21)31(40)35-14-10-22(2)37-15-11-26(12-16-37)38(19-24-5-4-13-34-18-24)25-6-8-27(9-7-25)41-20-29(33)39/h4-9,13,17-18,22,26H,10-12,14-16,19-20H2,1-3H3,(H2,33,39)(H,35,40). The van der Waals surface area contributed by atoms with Crippen LogP contribution in [0.4, 0.5) is 5.69 Å². The molecule has 2 amide bonds. The van der Waals surface area contributed by atoms with Crippen LogP contribution < -0.4 is 20.7 Å². The van der Waals surface area contributed by atoms with E-state index in [1.165, 1.54) is 0 Å². The molecule has 10 heteroatoms. The second kappa shape index (κ2) is 14.3. The minimum atomic E-state index is -0.500. The number of halogens is 1. The quantitative estimate of drug-likeness (QED) is 0.308. The summed E-state index contributed by atoms with van der Waals surface area (Å²) in [6.45, 7) is 9.07. The predicted octanol–water partition coefficient (Wildman–Crippen LogP) is 4.29. The summed E-state index contributed by atoms with van der Waals surface area (Å²) in [4.78, 5) is 37.3. The number of nitrogens with zero attached hydrogens (tertiary/aromatic N) is 4. The summed E-state index contributed by atoms with van der Waals surface area (Å²) >= 11 is 6.02. The lowest BCUT2D eigenvalue weighted by Gasteiger charge is -2.42. The molecule has 0 bridgehead atoms. The maximum Gasteiger partial charge on any atom is 0.255 e. The first-order chi connectivity index (χ1) is 19.7. The molecule has 1 aliphatic rings. The molecular weight excluding hydrogens is 540 g/mol. The van der Waals surface area contributed by atoms with Gasteiger partial charge in [-0.25, -0.2) is 4.98 Å². The molecule has 218 valence electrons. The number of carbonyl (C=O) groups excluding carboxylic acids is 2. The lowest BCUT2D eigenvalue weighted by atomic mass is 9.99. The fourth-order valence-electron chi connectivity index (χ4n) is 5.44. The summed E-state index contributed by atoms with van der Waals surface area (Å²) < 4.78 is 5.45. The van der Waals surface area contributed by atoms with Gasteiger partial charge in [-0.1, -0.05) is 17.7 Å². The van der Waals surface area contributed by atoms with E-state index in [0.29, 0.717) is 40.8 Å². The van der Waals surface area contributed by atoms with Crippen LogP contribution in [0.3, 0.4) is 0 Å². The Morgan fingerprint density at radius 1 is 1.20 bits per heavy atom. The molecule has 0 spiro atoms. The Kier molecular flexibility index (Phi) is 10.5. The van der Waals surface area contributed by atoms with Gasteiger partial charge in [-0.3, -0.25) is 14.6 Å². The van der Waals surface area contributed by atoms with Crippen LogP contribution in [0.15, 0.2) is 54.9 Å². The lowest BCUT2D eigenvalue weighted by molar-refractivity contribution is -0.119. The first-order valence-corrected chi connectivity index (χ1v) is 14.4. The highest BCUT2D eigenvalue weighted by molar-refractivity contribution is 6.29. The van der Waals surface area contributed by atoms with Crippen LogP contribution in [0.1, 0.15) is 53.4 Å². The molecule has 3 N–H and O–H groups in total. The zero-order chi connectivity index (χ0) is 29.4. The number of nitrogens with one attached hydrogen (secondary N) is 1. The molecule has 1 unspecified atom stereocenters. The summed E-state index contributed by atoms with van der Waals surface area (Å²) in [5.74, 6) is 0.00845. The first-order valence-electron chi connectivity index (χ1n) is 14.0. The number of likely N-dealkylation sites (tertiary alicyclic amines) is 1. The maximum absolute atomic E-state index is 12.8. The molecule has 0 aliphatic carbocycles. The molecule has 1 saturated heterocycles. The summed E-state index contributed by atoms with van der Waals surface area (Å²) in [5, 5.41) is 3.47. The Hall–Kier alpha value is -3.69. The molecule has 0 radical (unpaired) electrons. The smallest absolute Gasteiger partial charge is 0.255 e. The second-order valence-corrected chi connectivity index (χ2v) is 11.0.